The van der Waals surface area contributed by atoms with Crippen LogP contribution in [0.25, 0.3) is 0 Å². The Morgan fingerprint density at radius 1 is 1.42 bits per heavy atom. The highest BCUT2D eigenvalue weighted by molar-refractivity contribution is 5.89. The summed E-state index contributed by atoms with van der Waals surface area (Å²) >= 11 is 0. The van der Waals surface area contributed by atoms with Crippen LogP contribution in [0.4, 0.5) is 5.82 Å². The molecule has 0 unspecified atom stereocenters. The molecule has 0 aromatic carbocycles. The van der Waals surface area contributed by atoms with E-state index in [9.17, 15) is 9.90 Å². The summed E-state index contributed by atoms with van der Waals surface area (Å²) in [5.41, 5.74) is -0.486. The summed E-state index contributed by atoms with van der Waals surface area (Å²) in [5, 5.41) is 22.1. The molecule has 1 aliphatic rings. The zero-order valence-corrected chi connectivity index (χ0v) is 14.5. The summed E-state index contributed by atoms with van der Waals surface area (Å²) < 4.78 is 3.51. The van der Waals surface area contributed by atoms with Crippen molar-refractivity contribution in [2.24, 2.45) is 0 Å². The van der Waals surface area contributed by atoms with Gasteiger partial charge in [0, 0.05) is 31.4 Å². The number of amides is 1. The third-order valence-electron chi connectivity index (χ3n) is 4.40. The molecule has 0 radical (unpaired) electrons. The lowest BCUT2D eigenvalue weighted by molar-refractivity contribution is -0.116. The molecule has 3 rings (SSSR count). The van der Waals surface area contributed by atoms with Gasteiger partial charge < -0.3 is 10.4 Å². The molecule has 1 aliphatic carbocycles. The zero-order valence-electron chi connectivity index (χ0n) is 14.5. The second kappa shape index (κ2) is 6.05. The van der Waals surface area contributed by atoms with E-state index in [0.717, 1.165) is 19.3 Å². The van der Waals surface area contributed by atoms with Gasteiger partial charge in [0.25, 0.3) is 0 Å². The largest absolute Gasteiger partial charge is 0.383 e. The average molecular weight is 331 g/mol. The molecular formula is C17H25N5O2. The maximum absolute atomic E-state index is 12.3. The van der Waals surface area contributed by atoms with E-state index in [4.69, 9.17) is 0 Å². The van der Waals surface area contributed by atoms with E-state index in [-0.39, 0.29) is 11.4 Å². The fraction of sp³-hybridized carbons (Fsp3) is 0.588. The van der Waals surface area contributed by atoms with Gasteiger partial charge in [-0.05, 0) is 46.1 Å². The van der Waals surface area contributed by atoms with Crippen LogP contribution in [0, 0.1) is 0 Å². The quantitative estimate of drug-likeness (QED) is 0.880. The van der Waals surface area contributed by atoms with Gasteiger partial charge in [-0.3, -0.25) is 9.48 Å². The summed E-state index contributed by atoms with van der Waals surface area (Å²) in [5.74, 6) is 0.534. The van der Waals surface area contributed by atoms with Gasteiger partial charge in [0.1, 0.15) is 11.4 Å². The van der Waals surface area contributed by atoms with Gasteiger partial charge in [-0.2, -0.15) is 10.2 Å². The molecule has 0 saturated heterocycles. The molecule has 0 aliphatic heterocycles. The van der Waals surface area contributed by atoms with Crippen LogP contribution in [0.1, 0.15) is 52.1 Å². The molecule has 130 valence electrons. The summed E-state index contributed by atoms with van der Waals surface area (Å²) in [6.07, 6.45) is 6.30. The van der Waals surface area contributed by atoms with E-state index >= 15 is 0 Å². The number of rotatable bonds is 5. The van der Waals surface area contributed by atoms with Crippen LogP contribution in [-0.4, -0.2) is 30.6 Å². The number of aryl methyl sites for hydroxylation is 1. The van der Waals surface area contributed by atoms with Gasteiger partial charge in [-0.15, -0.1) is 0 Å². The van der Waals surface area contributed by atoms with E-state index in [1.807, 2.05) is 33.0 Å². The van der Waals surface area contributed by atoms with Gasteiger partial charge in [0.2, 0.25) is 5.91 Å². The van der Waals surface area contributed by atoms with Gasteiger partial charge in [-0.1, -0.05) is 0 Å². The Morgan fingerprint density at radius 3 is 2.71 bits per heavy atom. The van der Waals surface area contributed by atoms with Crippen molar-refractivity contribution in [2.45, 2.75) is 64.1 Å². The zero-order chi connectivity index (χ0) is 17.4. The van der Waals surface area contributed by atoms with E-state index in [2.05, 4.69) is 15.5 Å². The normalized spacial score (nSPS) is 16.7. The van der Waals surface area contributed by atoms with Crippen molar-refractivity contribution in [3.05, 3.63) is 30.2 Å². The molecule has 24 heavy (non-hydrogen) atoms. The van der Waals surface area contributed by atoms with E-state index < -0.39 is 5.60 Å². The Labute approximate surface area is 141 Å². The predicted octanol–water partition coefficient (Wildman–Crippen LogP) is 2.23. The van der Waals surface area contributed by atoms with Crippen LogP contribution in [-0.2, 0) is 22.5 Å². The summed E-state index contributed by atoms with van der Waals surface area (Å²) in [6, 6.07) is 3.63. The van der Waals surface area contributed by atoms with Crippen LogP contribution in [0.2, 0.25) is 0 Å². The highest BCUT2D eigenvalue weighted by Gasteiger charge is 2.40. The van der Waals surface area contributed by atoms with Crippen molar-refractivity contribution >= 4 is 11.7 Å². The van der Waals surface area contributed by atoms with Crippen molar-refractivity contribution in [2.75, 3.05) is 5.32 Å². The Balaban J connectivity index is 1.74. The SMILES string of the molecule is CC(C)(C)n1nc(C2(O)CCC2)cc1NC(=O)CCn1cccn1. The fourth-order valence-corrected chi connectivity index (χ4v) is 2.83. The van der Waals surface area contributed by atoms with Gasteiger partial charge in [0.15, 0.2) is 0 Å². The molecule has 7 heteroatoms. The predicted molar refractivity (Wildman–Crippen MR) is 90.4 cm³/mol. The minimum Gasteiger partial charge on any atom is -0.383 e. The molecule has 1 saturated carbocycles. The van der Waals surface area contributed by atoms with Crippen molar-refractivity contribution in [1.29, 1.82) is 0 Å². The van der Waals surface area contributed by atoms with Crippen LogP contribution in [0.15, 0.2) is 24.5 Å². The van der Waals surface area contributed by atoms with Crippen LogP contribution < -0.4 is 5.32 Å². The Hall–Kier alpha value is -2.15. The maximum atomic E-state index is 12.3. The number of aromatic nitrogens is 4. The standard InChI is InChI=1S/C17H25N5O2/c1-16(2,3)22-14(12-13(20-22)17(24)7-4-8-17)19-15(23)6-11-21-10-5-9-18-21/h5,9-10,12,24H,4,6-8,11H2,1-3H3,(H,19,23). The first-order valence-electron chi connectivity index (χ1n) is 8.39. The van der Waals surface area contributed by atoms with Gasteiger partial charge in [-0.25, -0.2) is 4.68 Å². The third-order valence-corrected chi connectivity index (χ3v) is 4.40. The second-order valence-electron chi connectivity index (χ2n) is 7.45. The third kappa shape index (κ3) is 3.36. The monoisotopic (exact) mass is 331 g/mol. The van der Waals surface area contributed by atoms with E-state index in [1.165, 1.54) is 0 Å². The molecule has 0 atom stereocenters. The molecule has 0 bridgehead atoms. The first-order valence-corrected chi connectivity index (χ1v) is 8.39. The molecule has 2 N–H and O–H groups in total. The summed E-state index contributed by atoms with van der Waals surface area (Å²) in [4.78, 5) is 12.3. The van der Waals surface area contributed by atoms with Gasteiger partial charge in [0.05, 0.1) is 11.2 Å². The molecule has 2 heterocycles. The number of hydrogen-bond donors (Lipinski definition) is 2. The number of nitrogens with one attached hydrogen (secondary N) is 1. The Kier molecular flexibility index (Phi) is 4.21. The maximum Gasteiger partial charge on any atom is 0.227 e. The number of aliphatic hydroxyl groups is 1. The lowest BCUT2D eigenvalue weighted by Crippen LogP contribution is -2.35. The molecule has 1 fully saturated rings. The highest BCUT2D eigenvalue weighted by Crippen LogP contribution is 2.41. The van der Waals surface area contributed by atoms with E-state index in [1.54, 1.807) is 21.6 Å². The molecular weight excluding hydrogens is 306 g/mol. The van der Waals surface area contributed by atoms with Crippen molar-refractivity contribution in [1.82, 2.24) is 19.6 Å². The minimum absolute atomic E-state index is 0.0944. The highest BCUT2D eigenvalue weighted by atomic mass is 16.3. The van der Waals surface area contributed by atoms with Crippen LogP contribution in [0.5, 0.6) is 0 Å². The van der Waals surface area contributed by atoms with Crippen LogP contribution >= 0.6 is 0 Å². The average Bonchev–Trinajstić information content (AvgIpc) is 3.11. The number of nitrogens with zero attached hydrogens (tertiary/aromatic N) is 4. The molecule has 2 aromatic heterocycles. The van der Waals surface area contributed by atoms with Crippen molar-refractivity contribution < 1.29 is 9.90 Å². The fourth-order valence-electron chi connectivity index (χ4n) is 2.83. The first kappa shape index (κ1) is 16.7. The molecule has 7 nitrogen and oxygen atoms in total. The number of anilines is 1. The van der Waals surface area contributed by atoms with Crippen molar-refractivity contribution in [3.8, 4) is 0 Å². The second-order valence-corrected chi connectivity index (χ2v) is 7.45. The van der Waals surface area contributed by atoms with E-state index in [0.29, 0.717) is 24.5 Å². The smallest absolute Gasteiger partial charge is 0.227 e. The number of carbonyl (C=O) groups excluding carboxylic acids is 1. The topological polar surface area (TPSA) is 85.0 Å². The molecule has 0 spiro atoms. The lowest BCUT2D eigenvalue weighted by Gasteiger charge is -2.34. The summed E-state index contributed by atoms with van der Waals surface area (Å²) in [7, 11) is 0. The van der Waals surface area contributed by atoms with Crippen molar-refractivity contribution in [3.63, 3.8) is 0 Å². The van der Waals surface area contributed by atoms with Crippen LogP contribution in [0.3, 0.4) is 0 Å². The first-order chi connectivity index (χ1) is 11.3. The lowest BCUT2D eigenvalue weighted by atomic mass is 9.78. The minimum atomic E-state index is -0.842. The number of hydrogen-bond acceptors (Lipinski definition) is 4. The summed E-state index contributed by atoms with van der Waals surface area (Å²) in [6.45, 7) is 6.59. The Bertz CT molecular complexity index is 708. The Morgan fingerprint density at radius 2 is 2.17 bits per heavy atom. The molecule has 2 aromatic rings. The number of carbonyl (C=O) groups is 1. The molecule has 1 amide bonds. The van der Waals surface area contributed by atoms with Gasteiger partial charge >= 0.3 is 0 Å².